The summed E-state index contributed by atoms with van der Waals surface area (Å²) in [5.41, 5.74) is 6.05. The van der Waals surface area contributed by atoms with Gasteiger partial charge in [0.05, 0.1) is 19.2 Å². The molecule has 0 spiro atoms. The Hall–Kier alpha value is -1.79. The maximum atomic E-state index is 12.6. The lowest BCUT2D eigenvalue weighted by Gasteiger charge is -2.30. The number of nitrogens with one attached hydrogen (secondary N) is 1. The average molecular weight is 356 g/mol. The lowest BCUT2D eigenvalue weighted by molar-refractivity contribution is -0.139. The van der Waals surface area contributed by atoms with Crippen LogP contribution in [0, 0.1) is 0 Å². The first-order valence-corrected chi connectivity index (χ1v) is 8.00. The van der Waals surface area contributed by atoms with Gasteiger partial charge in [-0.3, -0.25) is 9.59 Å². The number of benzene rings is 1. The number of carbonyl (C=O) groups is 2. The lowest BCUT2D eigenvalue weighted by atomic mass is 9.97. The van der Waals surface area contributed by atoms with Crippen LogP contribution in [0.5, 0.6) is 5.75 Å². The Bertz CT molecular complexity index is 574. The number of rotatable bonds is 6. The van der Waals surface area contributed by atoms with Crippen molar-refractivity contribution in [1.82, 2.24) is 4.90 Å². The average Bonchev–Trinajstić information content (AvgIpc) is 3.00. The van der Waals surface area contributed by atoms with Crippen LogP contribution in [-0.4, -0.2) is 42.5 Å². The predicted molar refractivity (Wildman–Crippen MR) is 96.5 cm³/mol. The Kier molecular flexibility index (Phi) is 7.51. The van der Waals surface area contributed by atoms with Crippen molar-refractivity contribution in [3.63, 3.8) is 0 Å². The standard InChI is InChI=1S/C17H25N3O3.ClH/c1-3-20(16(22)17(18)9-4-5-10-17)12-15(21)19-13-7-6-8-14(11-13)23-2;/h6-8,11H,3-5,9-10,12,18H2,1-2H3,(H,19,21);1H. The number of nitrogens with two attached hydrogens (primary N) is 1. The molecule has 0 aliphatic heterocycles. The van der Waals surface area contributed by atoms with E-state index in [4.69, 9.17) is 10.5 Å². The highest BCUT2D eigenvalue weighted by Crippen LogP contribution is 2.29. The van der Waals surface area contributed by atoms with Crippen molar-refractivity contribution in [3.05, 3.63) is 24.3 Å². The zero-order chi connectivity index (χ0) is 16.9. The molecule has 134 valence electrons. The number of methoxy groups -OCH3 is 1. The van der Waals surface area contributed by atoms with Crippen LogP contribution in [0.4, 0.5) is 5.69 Å². The minimum Gasteiger partial charge on any atom is -0.497 e. The minimum absolute atomic E-state index is 0. The smallest absolute Gasteiger partial charge is 0.243 e. The molecule has 2 rings (SSSR count). The zero-order valence-corrected chi connectivity index (χ0v) is 15.0. The van der Waals surface area contributed by atoms with Crippen molar-refractivity contribution in [1.29, 1.82) is 0 Å². The Morgan fingerprint density at radius 2 is 2.00 bits per heavy atom. The molecule has 0 aromatic heterocycles. The molecule has 1 aliphatic rings. The van der Waals surface area contributed by atoms with Crippen LogP contribution in [0.3, 0.4) is 0 Å². The summed E-state index contributed by atoms with van der Waals surface area (Å²) in [6.45, 7) is 2.32. The summed E-state index contributed by atoms with van der Waals surface area (Å²) < 4.78 is 5.13. The molecule has 0 saturated heterocycles. The van der Waals surface area contributed by atoms with Crippen LogP contribution >= 0.6 is 12.4 Å². The van der Waals surface area contributed by atoms with Gasteiger partial charge in [0.25, 0.3) is 0 Å². The number of hydrogen-bond donors (Lipinski definition) is 2. The third kappa shape index (κ3) is 4.85. The molecule has 24 heavy (non-hydrogen) atoms. The van der Waals surface area contributed by atoms with Crippen molar-refractivity contribution in [2.75, 3.05) is 25.5 Å². The number of ether oxygens (including phenoxy) is 1. The van der Waals surface area contributed by atoms with E-state index in [2.05, 4.69) is 5.32 Å². The fourth-order valence-electron chi connectivity index (χ4n) is 2.94. The molecule has 0 atom stereocenters. The van der Waals surface area contributed by atoms with Gasteiger partial charge < -0.3 is 20.7 Å². The van der Waals surface area contributed by atoms with E-state index in [1.165, 1.54) is 4.90 Å². The molecule has 3 N–H and O–H groups in total. The summed E-state index contributed by atoms with van der Waals surface area (Å²) in [5.74, 6) is 0.298. The number of amides is 2. The molecule has 1 aliphatic carbocycles. The van der Waals surface area contributed by atoms with Gasteiger partial charge in [-0.15, -0.1) is 12.4 Å². The van der Waals surface area contributed by atoms with E-state index >= 15 is 0 Å². The molecule has 0 heterocycles. The summed E-state index contributed by atoms with van der Waals surface area (Å²) in [4.78, 5) is 26.3. The molecule has 1 aromatic carbocycles. The van der Waals surface area contributed by atoms with Crippen molar-refractivity contribution in [2.24, 2.45) is 5.73 Å². The van der Waals surface area contributed by atoms with Gasteiger partial charge in [0.2, 0.25) is 11.8 Å². The normalized spacial score (nSPS) is 15.3. The van der Waals surface area contributed by atoms with Crippen LogP contribution in [0.1, 0.15) is 32.6 Å². The fourth-order valence-corrected chi connectivity index (χ4v) is 2.94. The number of halogens is 1. The van der Waals surface area contributed by atoms with Crippen molar-refractivity contribution < 1.29 is 14.3 Å². The second-order valence-electron chi connectivity index (χ2n) is 5.96. The van der Waals surface area contributed by atoms with Crippen molar-refractivity contribution in [2.45, 2.75) is 38.1 Å². The van der Waals surface area contributed by atoms with Crippen LogP contribution in [0.2, 0.25) is 0 Å². The molecule has 1 aromatic rings. The Labute approximate surface area is 149 Å². The molecule has 1 saturated carbocycles. The molecule has 0 bridgehead atoms. The van der Waals surface area contributed by atoms with E-state index in [1.807, 2.05) is 6.92 Å². The molecule has 0 radical (unpaired) electrons. The Morgan fingerprint density at radius 1 is 1.33 bits per heavy atom. The van der Waals surface area contributed by atoms with E-state index in [0.717, 1.165) is 12.8 Å². The summed E-state index contributed by atoms with van der Waals surface area (Å²) in [7, 11) is 1.57. The number of carbonyl (C=O) groups excluding carboxylic acids is 2. The van der Waals surface area contributed by atoms with Gasteiger partial charge in [-0.25, -0.2) is 0 Å². The van der Waals surface area contributed by atoms with E-state index in [1.54, 1.807) is 31.4 Å². The Morgan fingerprint density at radius 3 is 2.58 bits per heavy atom. The van der Waals surface area contributed by atoms with Gasteiger partial charge in [-0.2, -0.15) is 0 Å². The lowest BCUT2D eigenvalue weighted by Crippen LogP contribution is -2.55. The molecule has 6 nitrogen and oxygen atoms in total. The molecule has 1 fully saturated rings. The van der Waals surface area contributed by atoms with E-state index in [-0.39, 0.29) is 30.8 Å². The molecule has 2 amide bonds. The van der Waals surface area contributed by atoms with Gasteiger partial charge >= 0.3 is 0 Å². The highest BCUT2D eigenvalue weighted by Gasteiger charge is 2.39. The van der Waals surface area contributed by atoms with Crippen molar-refractivity contribution >= 4 is 29.9 Å². The highest BCUT2D eigenvalue weighted by atomic mass is 35.5. The van der Waals surface area contributed by atoms with E-state index in [9.17, 15) is 9.59 Å². The van der Waals surface area contributed by atoms with Crippen molar-refractivity contribution in [3.8, 4) is 5.75 Å². The summed E-state index contributed by atoms with van der Waals surface area (Å²) in [6.07, 6.45) is 3.32. The number of hydrogen-bond acceptors (Lipinski definition) is 4. The molecule has 7 heteroatoms. The predicted octanol–water partition coefficient (Wildman–Crippen LogP) is 2.18. The molecular weight excluding hydrogens is 330 g/mol. The topological polar surface area (TPSA) is 84.7 Å². The number of likely N-dealkylation sites (N-methyl/N-ethyl adjacent to an activating group) is 1. The van der Waals surface area contributed by atoms with Crippen LogP contribution in [0.25, 0.3) is 0 Å². The van der Waals surface area contributed by atoms with Crippen LogP contribution in [0.15, 0.2) is 24.3 Å². The third-order valence-corrected chi connectivity index (χ3v) is 4.28. The molecular formula is C17H26ClN3O3. The van der Waals surface area contributed by atoms with Gasteiger partial charge in [-0.1, -0.05) is 18.9 Å². The summed E-state index contributed by atoms with van der Waals surface area (Å²) in [6, 6.07) is 7.11. The quantitative estimate of drug-likeness (QED) is 0.819. The van der Waals surface area contributed by atoms with Gasteiger partial charge in [-0.05, 0) is 31.9 Å². The SMILES string of the molecule is CCN(CC(=O)Nc1cccc(OC)c1)C(=O)C1(N)CCCC1.Cl. The molecule has 0 unspecified atom stereocenters. The first kappa shape index (κ1) is 20.3. The first-order valence-electron chi connectivity index (χ1n) is 8.00. The zero-order valence-electron chi connectivity index (χ0n) is 14.2. The second-order valence-corrected chi connectivity index (χ2v) is 5.96. The van der Waals surface area contributed by atoms with Gasteiger partial charge in [0.1, 0.15) is 5.75 Å². The highest BCUT2D eigenvalue weighted by molar-refractivity contribution is 5.96. The first-order chi connectivity index (χ1) is 11.0. The summed E-state index contributed by atoms with van der Waals surface area (Å²) >= 11 is 0. The maximum absolute atomic E-state index is 12.6. The summed E-state index contributed by atoms with van der Waals surface area (Å²) in [5, 5.41) is 2.79. The maximum Gasteiger partial charge on any atom is 0.243 e. The number of anilines is 1. The second kappa shape index (κ2) is 8.89. The minimum atomic E-state index is -0.799. The monoisotopic (exact) mass is 355 g/mol. The van der Waals surface area contributed by atoms with Crippen LogP contribution in [-0.2, 0) is 9.59 Å². The van der Waals surface area contributed by atoms with E-state index in [0.29, 0.717) is 30.8 Å². The van der Waals surface area contributed by atoms with Gasteiger partial charge in [0, 0.05) is 18.3 Å². The third-order valence-electron chi connectivity index (χ3n) is 4.28. The van der Waals surface area contributed by atoms with Gasteiger partial charge in [0.15, 0.2) is 0 Å². The fraction of sp³-hybridized carbons (Fsp3) is 0.529. The largest absolute Gasteiger partial charge is 0.497 e. The number of nitrogens with zero attached hydrogens (tertiary/aromatic N) is 1. The van der Waals surface area contributed by atoms with Crippen LogP contribution < -0.4 is 15.8 Å². The van der Waals surface area contributed by atoms with E-state index < -0.39 is 5.54 Å². The Balaban J connectivity index is 0.00000288.